The van der Waals surface area contributed by atoms with Crippen LogP contribution in [-0.2, 0) is 0 Å². The zero-order valence-electron chi connectivity index (χ0n) is 11.4. The van der Waals surface area contributed by atoms with E-state index < -0.39 is 5.91 Å². The fourth-order valence-electron chi connectivity index (χ4n) is 2.65. The minimum atomic E-state index is -0.411. The summed E-state index contributed by atoms with van der Waals surface area (Å²) >= 11 is 0. The van der Waals surface area contributed by atoms with Crippen LogP contribution in [0, 0.1) is 12.8 Å². The van der Waals surface area contributed by atoms with E-state index in [1.54, 1.807) is 6.07 Å². The van der Waals surface area contributed by atoms with Gasteiger partial charge in [-0.15, -0.1) is 0 Å². The lowest BCUT2D eigenvalue weighted by atomic mass is 9.93. The van der Waals surface area contributed by atoms with Crippen molar-refractivity contribution in [2.45, 2.75) is 26.2 Å². The Morgan fingerprint density at radius 2 is 2.11 bits per heavy atom. The molecule has 0 spiro atoms. The number of nitrogens with zero attached hydrogens (tertiary/aromatic N) is 2. The zero-order chi connectivity index (χ0) is 13.8. The first-order valence-electron chi connectivity index (χ1n) is 6.84. The quantitative estimate of drug-likeness (QED) is 0.849. The van der Waals surface area contributed by atoms with E-state index in [2.05, 4.69) is 9.88 Å². The zero-order valence-corrected chi connectivity index (χ0v) is 11.4. The number of hydrogen-bond donors (Lipinski definition) is 2. The van der Waals surface area contributed by atoms with Gasteiger partial charge >= 0.3 is 0 Å². The van der Waals surface area contributed by atoms with Crippen molar-refractivity contribution in [3.63, 3.8) is 0 Å². The Morgan fingerprint density at radius 1 is 1.42 bits per heavy atom. The molecule has 0 unspecified atom stereocenters. The van der Waals surface area contributed by atoms with E-state index in [-0.39, 0.29) is 0 Å². The average molecular weight is 262 g/mol. The number of aromatic nitrogens is 1. The van der Waals surface area contributed by atoms with E-state index in [4.69, 9.17) is 11.5 Å². The van der Waals surface area contributed by atoms with Crippen molar-refractivity contribution in [1.82, 2.24) is 4.98 Å². The van der Waals surface area contributed by atoms with Crippen molar-refractivity contribution in [2.75, 3.05) is 24.5 Å². The third-order valence-corrected chi connectivity index (χ3v) is 3.77. The number of primary amides is 1. The summed E-state index contributed by atoms with van der Waals surface area (Å²) in [6, 6.07) is 3.59. The van der Waals surface area contributed by atoms with E-state index in [1.807, 2.05) is 13.0 Å². The number of hydrogen-bond acceptors (Lipinski definition) is 4. The summed E-state index contributed by atoms with van der Waals surface area (Å²) in [5.41, 5.74) is 12.4. The highest BCUT2D eigenvalue weighted by atomic mass is 16.1. The van der Waals surface area contributed by atoms with Gasteiger partial charge in [-0.1, -0.05) is 0 Å². The number of carbonyl (C=O) groups excluding carboxylic acids is 1. The summed E-state index contributed by atoms with van der Waals surface area (Å²) in [7, 11) is 0. The molecule has 1 aliphatic heterocycles. The van der Waals surface area contributed by atoms with Gasteiger partial charge in [0, 0.05) is 18.8 Å². The summed E-state index contributed by atoms with van der Waals surface area (Å²) in [6.45, 7) is 4.51. The van der Waals surface area contributed by atoms with Gasteiger partial charge in [-0.2, -0.15) is 0 Å². The molecule has 4 N–H and O–H groups in total. The second kappa shape index (κ2) is 6.02. The molecular formula is C14H22N4O. The largest absolute Gasteiger partial charge is 0.365 e. The molecule has 0 aromatic carbocycles. The Labute approximate surface area is 114 Å². The number of pyridine rings is 1. The number of carbonyl (C=O) groups is 1. The van der Waals surface area contributed by atoms with Crippen LogP contribution in [0.3, 0.4) is 0 Å². The van der Waals surface area contributed by atoms with Gasteiger partial charge in [-0.05, 0) is 50.8 Å². The highest BCUT2D eigenvalue weighted by molar-refractivity contribution is 5.97. The molecule has 2 heterocycles. The van der Waals surface area contributed by atoms with Gasteiger partial charge in [0.15, 0.2) is 0 Å². The topological polar surface area (TPSA) is 85.2 Å². The Kier molecular flexibility index (Phi) is 4.37. The van der Waals surface area contributed by atoms with Crippen LogP contribution >= 0.6 is 0 Å². The minimum absolute atomic E-state index is 0.411. The van der Waals surface area contributed by atoms with Crippen molar-refractivity contribution in [3.8, 4) is 0 Å². The van der Waals surface area contributed by atoms with Crippen LogP contribution in [-0.4, -0.2) is 30.5 Å². The number of amides is 1. The van der Waals surface area contributed by atoms with Crippen LogP contribution in [0.2, 0.25) is 0 Å². The molecule has 0 saturated carbocycles. The maximum atomic E-state index is 11.5. The molecule has 5 nitrogen and oxygen atoms in total. The summed E-state index contributed by atoms with van der Waals surface area (Å²) < 4.78 is 0. The van der Waals surface area contributed by atoms with E-state index in [1.165, 1.54) is 0 Å². The average Bonchev–Trinajstić information content (AvgIpc) is 2.39. The van der Waals surface area contributed by atoms with Crippen LogP contribution < -0.4 is 16.4 Å². The summed E-state index contributed by atoms with van der Waals surface area (Å²) in [4.78, 5) is 18.1. The molecule has 104 valence electrons. The highest BCUT2D eigenvalue weighted by Gasteiger charge is 2.22. The van der Waals surface area contributed by atoms with Gasteiger partial charge < -0.3 is 16.4 Å². The third-order valence-electron chi connectivity index (χ3n) is 3.77. The molecule has 19 heavy (non-hydrogen) atoms. The van der Waals surface area contributed by atoms with E-state index in [0.29, 0.717) is 11.5 Å². The molecule has 1 amide bonds. The van der Waals surface area contributed by atoms with Crippen molar-refractivity contribution in [3.05, 3.63) is 23.4 Å². The SMILES string of the molecule is Cc1ccc(C(N)=O)c(N2CCC(CCN)CC2)n1. The molecule has 1 aliphatic rings. The number of anilines is 1. The van der Waals surface area contributed by atoms with Crippen LogP contribution in [0.5, 0.6) is 0 Å². The first kappa shape index (κ1) is 13.8. The van der Waals surface area contributed by atoms with Crippen molar-refractivity contribution in [2.24, 2.45) is 17.4 Å². The summed E-state index contributed by atoms with van der Waals surface area (Å²) in [6.07, 6.45) is 3.29. The van der Waals surface area contributed by atoms with E-state index >= 15 is 0 Å². The fourth-order valence-corrected chi connectivity index (χ4v) is 2.65. The lowest BCUT2D eigenvalue weighted by Crippen LogP contribution is -2.36. The Hall–Kier alpha value is -1.62. The maximum Gasteiger partial charge on any atom is 0.252 e. The molecule has 1 saturated heterocycles. The molecule has 5 heteroatoms. The standard InChI is InChI=1S/C14H22N4O/c1-10-2-3-12(13(16)19)14(17-10)18-8-5-11(4-7-15)6-9-18/h2-3,11H,4-9,15H2,1H3,(H2,16,19). The lowest BCUT2D eigenvalue weighted by molar-refractivity contribution is 0.100. The predicted octanol–water partition coefficient (Wildman–Crippen LogP) is 1.05. The monoisotopic (exact) mass is 262 g/mol. The number of nitrogens with two attached hydrogens (primary N) is 2. The van der Waals surface area contributed by atoms with Crippen molar-refractivity contribution in [1.29, 1.82) is 0 Å². The molecular weight excluding hydrogens is 240 g/mol. The predicted molar refractivity (Wildman–Crippen MR) is 76.1 cm³/mol. The van der Waals surface area contributed by atoms with Crippen LogP contribution in [0.25, 0.3) is 0 Å². The van der Waals surface area contributed by atoms with Gasteiger partial charge in [0.2, 0.25) is 0 Å². The molecule has 1 fully saturated rings. The maximum absolute atomic E-state index is 11.5. The fraction of sp³-hybridized carbons (Fsp3) is 0.571. The van der Waals surface area contributed by atoms with Gasteiger partial charge in [0.05, 0.1) is 5.56 Å². The van der Waals surface area contributed by atoms with Crippen LogP contribution in [0.15, 0.2) is 12.1 Å². The second-order valence-corrected chi connectivity index (χ2v) is 5.20. The van der Waals surface area contributed by atoms with Crippen LogP contribution in [0.1, 0.15) is 35.3 Å². The number of aryl methyl sites for hydroxylation is 1. The van der Waals surface area contributed by atoms with E-state index in [0.717, 1.165) is 50.4 Å². The van der Waals surface area contributed by atoms with Gasteiger partial charge in [0.1, 0.15) is 5.82 Å². The Morgan fingerprint density at radius 3 is 2.68 bits per heavy atom. The summed E-state index contributed by atoms with van der Waals surface area (Å²) in [5, 5.41) is 0. The summed E-state index contributed by atoms with van der Waals surface area (Å²) in [5.74, 6) is 1.02. The highest BCUT2D eigenvalue weighted by Crippen LogP contribution is 2.26. The Balaban J connectivity index is 2.14. The molecule has 0 atom stereocenters. The molecule has 1 aromatic rings. The molecule has 0 bridgehead atoms. The van der Waals surface area contributed by atoms with Gasteiger partial charge in [-0.3, -0.25) is 4.79 Å². The molecule has 0 aliphatic carbocycles. The van der Waals surface area contributed by atoms with Gasteiger partial charge in [0.25, 0.3) is 5.91 Å². The van der Waals surface area contributed by atoms with E-state index in [9.17, 15) is 4.79 Å². The second-order valence-electron chi connectivity index (χ2n) is 5.20. The molecule has 0 radical (unpaired) electrons. The Bertz CT molecular complexity index is 453. The first-order chi connectivity index (χ1) is 9.11. The molecule has 2 rings (SSSR count). The smallest absolute Gasteiger partial charge is 0.252 e. The van der Waals surface area contributed by atoms with Crippen molar-refractivity contribution >= 4 is 11.7 Å². The minimum Gasteiger partial charge on any atom is -0.365 e. The molecule has 1 aromatic heterocycles. The van der Waals surface area contributed by atoms with Crippen molar-refractivity contribution < 1.29 is 4.79 Å². The number of rotatable bonds is 4. The van der Waals surface area contributed by atoms with Crippen LogP contribution in [0.4, 0.5) is 5.82 Å². The lowest BCUT2D eigenvalue weighted by Gasteiger charge is -2.33. The van der Waals surface area contributed by atoms with Gasteiger partial charge in [-0.25, -0.2) is 4.98 Å². The normalized spacial score (nSPS) is 16.6. The first-order valence-corrected chi connectivity index (χ1v) is 6.84. The number of piperidine rings is 1. The third kappa shape index (κ3) is 3.23.